The van der Waals surface area contributed by atoms with Crippen molar-refractivity contribution in [2.24, 2.45) is 0 Å². The average molecular weight is 364 g/mol. The monoisotopic (exact) mass is 364 g/mol. The lowest BCUT2D eigenvalue weighted by Gasteiger charge is -2.13. The van der Waals surface area contributed by atoms with Crippen molar-refractivity contribution in [1.82, 2.24) is 14.9 Å². The van der Waals surface area contributed by atoms with Crippen LogP contribution in [0.15, 0.2) is 48.9 Å². The summed E-state index contributed by atoms with van der Waals surface area (Å²) in [7, 11) is 0. The molecule has 0 bridgehead atoms. The van der Waals surface area contributed by atoms with Crippen LogP contribution < -0.4 is 5.32 Å². The van der Waals surface area contributed by atoms with Crippen LogP contribution in [0.3, 0.4) is 0 Å². The molecule has 1 N–H and O–H groups in total. The van der Waals surface area contributed by atoms with Gasteiger partial charge in [0.1, 0.15) is 9.88 Å². The molecule has 132 valence electrons. The Balaban J connectivity index is 1.52. The summed E-state index contributed by atoms with van der Waals surface area (Å²) in [5, 5.41) is 3.90. The Bertz CT molecular complexity index is 923. The van der Waals surface area contributed by atoms with Gasteiger partial charge in [0.25, 0.3) is 5.91 Å². The van der Waals surface area contributed by atoms with Crippen molar-refractivity contribution in [3.63, 3.8) is 0 Å². The molecule has 4 rings (SSSR count). The van der Waals surface area contributed by atoms with Gasteiger partial charge in [-0.2, -0.15) is 0 Å². The number of carbonyl (C=O) groups excluding carboxylic acids is 1. The number of benzene rings is 1. The Labute approximate surface area is 156 Å². The molecular weight excluding hydrogens is 344 g/mol. The van der Waals surface area contributed by atoms with Crippen LogP contribution in [0.25, 0.3) is 10.6 Å². The largest absolute Gasteiger partial charge is 0.321 e. The Morgan fingerprint density at radius 1 is 1.23 bits per heavy atom. The standard InChI is InChI=1S/C20H20N4OS/c1-2-10-24-12-15-4-3-5-17(16(15)13-24)23-19(25)18-11-22-20(26-18)14-6-8-21-9-7-14/h3-9,11H,2,10,12-13H2,1H3,(H,23,25). The Morgan fingerprint density at radius 3 is 2.88 bits per heavy atom. The van der Waals surface area contributed by atoms with Crippen molar-refractivity contribution in [1.29, 1.82) is 0 Å². The quantitative estimate of drug-likeness (QED) is 0.738. The lowest BCUT2D eigenvalue weighted by Crippen LogP contribution is -2.17. The van der Waals surface area contributed by atoms with Gasteiger partial charge < -0.3 is 5.32 Å². The number of nitrogens with zero attached hydrogens (tertiary/aromatic N) is 3. The average Bonchev–Trinajstić information content (AvgIpc) is 3.30. The van der Waals surface area contributed by atoms with E-state index in [1.807, 2.05) is 24.3 Å². The summed E-state index contributed by atoms with van der Waals surface area (Å²) in [5.74, 6) is -0.106. The molecule has 0 spiro atoms. The molecule has 0 radical (unpaired) electrons. The van der Waals surface area contributed by atoms with Gasteiger partial charge in [-0.15, -0.1) is 11.3 Å². The van der Waals surface area contributed by atoms with Crippen LogP contribution in [0.4, 0.5) is 5.69 Å². The minimum absolute atomic E-state index is 0.106. The molecule has 3 aromatic rings. The number of thiazole rings is 1. The van der Waals surface area contributed by atoms with Crippen LogP contribution in [-0.4, -0.2) is 27.3 Å². The molecule has 1 amide bonds. The molecule has 1 aliphatic heterocycles. The molecule has 1 aliphatic rings. The topological polar surface area (TPSA) is 58.1 Å². The number of carbonyl (C=O) groups is 1. The van der Waals surface area contributed by atoms with Gasteiger partial charge in [-0.05, 0) is 42.3 Å². The minimum atomic E-state index is -0.106. The minimum Gasteiger partial charge on any atom is -0.321 e. The van der Waals surface area contributed by atoms with Crippen molar-refractivity contribution >= 4 is 22.9 Å². The number of hydrogen-bond acceptors (Lipinski definition) is 5. The van der Waals surface area contributed by atoms with Gasteiger partial charge in [-0.1, -0.05) is 19.1 Å². The van der Waals surface area contributed by atoms with Crippen molar-refractivity contribution in [3.8, 4) is 10.6 Å². The summed E-state index contributed by atoms with van der Waals surface area (Å²) >= 11 is 1.39. The summed E-state index contributed by atoms with van der Waals surface area (Å²) in [6, 6.07) is 9.94. The first-order valence-electron chi connectivity index (χ1n) is 8.75. The number of fused-ring (bicyclic) bond motifs is 1. The summed E-state index contributed by atoms with van der Waals surface area (Å²) < 4.78 is 0. The molecule has 0 unspecified atom stereocenters. The summed E-state index contributed by atoms with van der Waals surface area (Å²) in [6.07, 6.45) is 6.23. The molecule has 2 aromatic heterocycles. The number of rotatable bonds is 5. The van der Waals surface area contributed by atoms with Crippen molar-refractivity contribution in [2.75, 3.05) is 11.9 Å². The second-order valence-electron chi connectivity index (χ2n) is 6.37. The fourth-order valence-electron chi connectivity index (χ4n) is 3.27. The first-order chi connectivity index (χ1) is 12.7. The number of amides is 1. The molecule has 3 heterocycles. The molecular formula is C20H20N4OS. The third kappa shape index (κ3) is 3.38. The fourth-order valence-corrected chi connectivity index (χ4v) is 4.09. The summed E-state index contributed by atoms with van der Waals surface area (Å²) in [4.78, 5) is 24.1. The maximum absolute atomic E-state index is 12.7. The highest BCUT2D eigenvalue weighted by atomic mass is 32.1. The maximum atomic E-state index is 12.7. The lowest BCUT2D eigenvalue weighted by atomic mass is 10.1. The van der Waals surface area contributed by atoms with Gasteiger partial charge in [-0.3, -0.25) is 14.7 Å². The molecule has 5 nitrogen and oxygen atoms in total. The van der Waals surface area contributed by atoms with E-state index in [1.54, 1.807) is 18.6 Å². The van der Waals surface area contributed by atoms with Crippen LogP contribution in [0, 0.1) is 0 Å². The number of pyridine rings is 1. The van der Waals surface area contributed by atoms with Crippen LogP contribution in [0.2, 0.25) is 0 Å². The van der Waals surface area contributed by atoms with E-state index in [-0.39, 0.29) is 5.91 Å². The van der Waals surface area contributed by atoms with E-state index in [9.17, 15) is 4.79 Å². The molecule has 6 heteroatoms. The van der Waals surface area contributed by atoms with Gasteiger partial charge >= 0.3 is 0 Å². The van der Waals surface area contributed by atoms with E-state index >= 15 is 0 Å². The molecule has 0 saturated carbocycles. The molecule has 0 aliphatic carbocycles. The number of anilines is 1. The third-order valence-corrected chi connectivity index (χ3v) is 5.54. The second kappa shape index (κ2) is 7.35. The summed E-state index contributed by atoms with van der Waals surface area (Å²) in [6.45, 7) is 5.12. The van der Waals surface area contributed by atoms with Crippen molar-refractivity contribution in [3.05, 3.63) is 64.9 Å². The fraction of sp³-hybridized carbons (Fsp3) is 0.250. The van der Waals surface area contributed by atoms with E-state index in [4.69, 9.17) is 0 Å². The van der Waals surface area contributed by atoms with Gasteiger partial charge in [0.2, 0.25) is 0 Å². The van der Waals surface area contributed by atoms with Crippen molar-refractivity contribution < 1.29 is 4.79 Å². The maximum Gasteiger partial charge on any atom is 0.267 e. The van der Waals surface area contributed by atoms with Crippen LogP contribution in [0.5, 0.6) is 0 Å². The van der Waals surface area contributed by atoms with Gasteiger partial charge in [0.15, 0.2) is 0 Å². The van der Waals surface area contributed by atoms with E-state index < -0.39 is 0 Å². The Hall–Kier alpha value is -2.57. The lowest BCUT2D eigenvalue weighted by molar-refractivity contribution is 0.103. The van der Waals surface area contributed by atoms with E-state index in [2.05, 4.69) is 33.2 Å². The number of aromatic nitrogens is 2. The SMILES string of the molecule is CCCN1Cc2cccc(NC(=O)c3cnc(-c4ccncc4)s3)c2C1. The van der Waals surface area contributed by atoms with Gasteiger partial charge in [0, 0.05) is 36.7 Å². The predicted octanol–water partition coefficient (Wildman–Crippen LogP) is 4.18. The van der Waals surface area contributed by atoms with Crippen LogP contribution >= 0.6 is 11.3 Å². The highest BCUT2D eigenvalue weighted by molar-refractivity contribution is 7.17. The Morgan fingerprint density at radius 2 is 2.08 bits per heavy atom. The predicted molar refractivity (Wildman–Crippen MR) is 104 cm³/mol. The molecule has 0 atom stereocenters. The summed E-state index contributed by atoms with van der Waals surface area (Å²) in [5.41, 5.74) is 4.41. The van der Waals surface area contributed by atoms with E-state index in [0.29, 0.717) is 4.88 Å². The zero-order chi connectivity index (χ0) is 17.9. The molecule has 1 aromatic carbocycles. The smallest absolute Gasteiger partial charge is 0.267 e. The van der Waals surface area contributed by atoms with Gasteiger partial charge in [0.05, 0.1) is 6.20 Å². The molecule has 26 heavy (non-hydrogen) atoms. The number of nitrogens with one attached hydrogen (secondary N) is 1. The van der Waals surface area contributed by atoms with Crippen LogP contribution in [-0.2, 0) is 13.1 Å². The zero-order valence-corrected chi connectivity index (χ0v) is 15.4. The van der Waals surface area contributed by atoms with Crippen LogP contribution in [0.1, 0.15) is 34.1 Å². The zero-order valence-electron chi connectivity index (χ0n) is 14.6. The van der Waals surface area contributed by atoms with Crippen molar-refractivity contribution in [2.45, 2.75) is 26.4 Å². The Kier molecular flexibility index (Phi) is 4.77. The highest BCUT2D eigenvalue weighted by Gasteiger charge is 2.22. The molecule has 0 fully saturated rings. The highest BCUT2D eigenvalue weighted by Crippen LogP contribution is 2.30. The number of hydrogen-bond donors (Lipinski definition) is 1. The van der Waals surface area contributed by atoms with E-state index in [0.717, 1.165) is 42.3 Å². The van der Waals surface area contributed by atoms with Gasteiger partial charge in [-0.25, -0.2) is 4.98 Å². The first kappa shape index (κ1) is 16.9. The van der Waals surface area contributed by atoms with E-state index in [1.165, 1.54) is 22.5 Å². The molecule has 0 saturated heterocycles. The second-order valence-corrected chi connectivity index (χ2v) is 7.40. The third-order valence-electron chi connectivity index (χ3n) is 4.49. The normalized spacial score (nSPS) is 13.6. The first-order valence-corrected chi connectivity index (χ1v) is 9.57.